The first-order chi connectivity index (χ1) is 12.8. The number of rotatable bonds is 5. The molecule has 0 aliphatic heterocycles. The van der Waals surface area contributed by atoms with E-state index in [-0.39, 0.29) is 5.78 Å². The Morgan fingerprint density at radius 2 is 1.92 bits per heavy atom. The number of carbonyl (C=O) groups excluding carboxylic acids is 1. The van der Waals surface area contributed by atoms with Crippen LogP contribution in [0.15, 0.2) is 83.6 Å². The van der Waals surface area contributed by atoms with E-state index in [4.69, 9.17) is 4.42 Å². The fourth-order valence-corrected chi connectivity index (χ4v) is 2.71. The first-order valence-electron chi connectivity index (χ1n) is 8.34. The Hall–Kier alpha value is -3.53. The normalized spacial score (nSPS) is 11.2. The molecule has 4 nitrogen and oxygen atoms in total. The molecular weight excluding hydrogens is 324 g/mol. The predicted octanol–water partition coefficient (Wildman–Crippen LogP) is 4.71. The molecule has 0 aliphatic rings. The highest BCUT2D eigenvalue weighted by molar-refractivity contribution is 5.95. The van der Waals surface area contributed by atoms with Crippen LogP contribution < -0.4 is 0 Å². The molecule has 0 unspecified atom stereocenters. The van der Waals surface area contributed by atoms with Crippen LogP contribution in [-0.4, -0.2) is 15.8 Å². The van der Waals surface area contributed by atoms with Gasteiger partial charge in [0, 0.05) is 18.8 Å². The molecule has 0 saturated carbocycles. The second kappa shape index (κ2) is 7.15. The highest BCUT2D eigenvalue weighted by Crippen LogP contribution is 2.24. The quantitative estimate of drug-likeness (QED) is 0.494. The molecule has 0 fully saturated rings. The molecule has 0 atom stereocenters. The van der Waals surface area contributed by atoms with Crippen LogP contribution in [0.3, 0.4) is 0 Å². The molecule has 2 aromatic carbocycles. The minimum atomic E-state index is 0.0455. The number of carbonyl (C=O) groups is 1. The molecule has 0 radical (unpaired) electrons. The molecule has 0 aliphatic carbocycles. The van der Waals surface area contributed by atoms with E-state index < -0.39 is 0 Å². The number of pyridine rings is 1. The van der Waals surface area contributed by atoms with Gasteiger partial charge in [0.15, 0.2) is 11.4 Å². The zero-order valence-electron chi connectivity index (χ0n) is 14.0. The van der Waals surface area contributed by atoms with Crippen LogP contribution in [0.4, 0.5) is 0 Å². The number of ketones is 1. The monoisotopic (exact) mass is 340 g/mol. The molecule has 0 N–H and O–H groups in total. The first-order valence-corrected chi connectivity index (χ1v) is 8.34. The third-order valence-corrected chi connectivity index (χ3v) is 4.00. The predicted molar refractivity (Wildman–Crippen MR) is 101 cm³/mol. The zero-order valence-corrected chi connectivity index (χ0v) is 14.0. The largest absolute Gasteiger partial charge is 0.436 e. The lowest BCUT2D eigenvalue weighted by molar-refractivity contribution is -0.113. The zero-order chi connectivity index (χ0) is 17.8. The highest BCUT2D eigenvalue weighted by Gasteiger charge is 2.09. The van der Waals surface area contributed by atoms with Crippen LogP contribution in [0.25, 0.3) is 28.6 Å². The molecule has 0 amide bonds. The van der Waals surface area contributed by atoms with Crippen LogP contribution >= 0.6 is 0 Å². The van der Waals surface area contributed by atoms with Crippen molar-refractivity contribution in [2.75, 3.05) is 0 Å². The van der Waals surface area contributed by atoms with E-state index in [1.807, 2.05) is 66.7 Å². The summed E-state index contributed by atoms with van der Waals surface area (Å²) >= 11 is 0. The van der Waals surface area contributed by atoms with Gasteiger partial charge in [-0.1, -0.05) is 42.5 Å². The number of hydrogen-bond acceptors (Lipinski definition) is 4. The number of oxazole rings is 1. The Morgan fingerprint density at radius 3 is 2.73 bits per heavy atom. The van der Waals surface area contributed by atoms with Crippen LogP contribution in [0.2, 0.25) is 0 Å². The van der Waals surface area contributed by atoms with E-state index in [1.165, 1.54) is 0 Å². The van der Waals surface area contributed by atoms with Gasteiger partial charge < -0.3 is 4.42 Å². The summed E-state index contributed by atoms with van der Waals surface area (Å²) in [5.41, 5.74) is 4.17. The van der Waals surface area contributed by atoms with Crippen molar-refractivity contribution < 1.29 is 9.21 Å². The van der Waals surface area contributed by atoms with Crippen LogP contribution in [-0.2, 0) is 11.2 Å². The van der Waals surface area contributed by atoms with Crippen molar-refractivity contribution in [3.8, 4) is 11.5 Å². The molecule has 4 heteroatoms. The summed E-state index contributed by atoms with van der Waals surface area (Å²) in [5.74, 6) is 0.574. The van der Waals surface area contributed by atoms with Crippen LogP contribution in [0, 0.1) is 0 Å². The Balaban J connectivity index is 1.52. The SMILES string of the molecule is O=C(/C=C\c1ccccc1)Cc1ccc2oc(-c3cccnc3)nc2c1. The minimum absolute atomic E-state index is 0.0455. The number of allylic oxidation sites excluding steroid dienone is 1. The molecule has 2 heterocycles. The summed E-state index contributed by atoms with van der Waals surface area (Å²) in [7, 11) is 0. The van der Waals surface area contributed by atoms with Crippen molar-refractivity contribution in [3.63, 3.8) is 0 Å². The van der Waals surface area contributed by atoms with Crippen molar-refractivity contribution >= 4 is 23.0 Å². The third-order valence-electron chi connectivity index (χ3n) is 4.00. The summed E-state index contributed by atoms with van der Waals surface area (Å²) < 4.78 is 5.77. The molecule has 2 aromatic heterocycles. The van der Waals surface area contributed by atoms with Crippen molar-refractivity contribution in [1.29, 1.82) is 0 Å². The number of benzene rings is 2. The van der Waals surface area contributed by atoms with Crippen LogP contribution in [0.1, 0.15) is 11.1 Å². The standard InChI is InChI=1S/C22H16N2O2/c25-19(10-8-16-5-2-1-3-6-16)13-17-9-11-21-20(14-17)24-22(26-21)18-7-4-12-23-15-18/h1-12,14-15H,13H2/b10-8-. The Morgan fingerprint density at radius 1 is 1.04 bits per heavy atom. The van der Waals surface area contributed by atoms with Gasteiger partial charge in [0.05, 0.1) is 5.56 Å². The van der Waals surface area contributed by atoms with Gasteiger partial charge >= 0.3 is 0 Å². The van der Waals surface area contributed by atoms with E-state index in [2.05, 4.69) is 9.97 Å². The number of nitrogens with zero attached hydrogens (tertiary/aromatic N) is 2. The molecule has 4 rings (SSSR count). The van der Waals surface area contributed by atoms with E-state index in [9.17, 15) is 4.79 Å². The maximum absolute atomic E-state index is 12.2. The van der Waals surface area contributed by atoms with Crippen LogP contribution in [0.5, 0.6) is 0 Å². The highest BCUT2D eigenvalue weighted by atomic mass is 16.3. The number of aromatic nitrogens is 2. The minimum Gasteiger partial charge on any atom is -0.436 e. The van der Waals surface area contributed by atoms with Gasteiger partial charge in [-0.05, 0) is 41.5 Å². The Labute approximate surface area is 150 Å². The second-order valence-electron chi connectivity index (χ2n) is 5.95. The van der Waals surface area contributed by atoms with Gasteiger partial charge in [-0.15, -0.1) is 0 Å². The summed E-state index contributed by atoms with van der Waals surface area (Å²) in [6.07, 6.45) is 7.19. The fraction of sp³-hybridized carbons (Fsp3) is 0.0455. The van der Waals surface area contributed by atoms with E-state index in [1.54, 1.807) is 18.5 Å². The van der Waals surface area contributed by atoms with Gasteiger partial charge in [-0.3, -0.25) is 9.78 Å². The molecule has 4 aromatic rings. The second-order valence-corrected chi connectivity index (χ2v) is 5.95. The summed E-state index contributed by atoms with van der Waals surface area (Å²) in [5, 5.41) is 0. The molecule has 126 valence electrons. The van der Waals surface area contributed by atoms with Crippen molar-refractivity contribution in [3.05, 3.63) is 90.3 Å². The Kier molecular flexibility index (Phi) is 4.39. The molecule has 0 saturated heterocycles. The maximum Gasteiger partial charge on any atom is 0.228 e. The summed E-state index contributed by atoms with van der Waals surface area (Å²) in [4.78, 5) is 20.8. The lowest BCUT2D eigenvalue weighted by Gasteiger charge is -1.97. The van der Waals surface area contributed by atoms with Gasteiger partial charge in [0.1, 0.15) is 5.52 Å². The summed E-state index contributed by atoms with van der Waals surface area (Å²) in [6.45, 7) is 0. The molecule has 0 spiro atoms. The van der Waals surface area contributed by atoms with Gasteiger partial charge in [-0.25, -0.2) is 4.98 Å². The fourth-order valence-electron chi connectivity index (χ4n) is 2.71. The van der Waals surface area contributed by atoms with Crippen molar-refractivity contribution in [2.24, 2.45) is 0 Å². The lowest BCUT2D eigenvalue weighted by Crippen LogP contribution is -1.98. The van der Waals surface area contributed by atoms with Crippen molar-refractivity contribution in [2.45, 2.75) is 6.42 Å². The summed E-state index contributed by atoms with van der Waals surface area (Å²) in [6, 6.07) is 19.2. The van der Waals surface area contributed by atoms with E-state index >= 15 is 0 Å². The van der Waals surface area contributed by atoms with Crippen molar-refractivity contribution in [1.82, 2.24) is 9.97 Å². The molecule has 26 heavy (non-hydrogen) atoms. The third kappa shape index (κ3) is 3.59. The van der Waals surface area contributed by atoms with E-state index in [0.29, 0.717) is 17.9 Å². The molecule has 0 bridgehead atoms. The van der Waals surface area contributed by atoms with Gasteiger partial charge in [0.2, 0.25) is 5.89 Å². The average molecular weight is 340 g/mol. The lowest BCUT2D eigenvalue weighted by atomic mass is 10.1. The van der Waals surface area contributed by atoms with E-state index in [0.717, 1.165) is 22.2 Å². The number of hydrogen-bond donors (Lipinski definition) is 0. The Bertz CT molecular complexity index is 1070. The first kappa shape index (κ1) is 16.0. The molecular formula is C22H16N2O2. The maximum atomic E-state index is 12.2. The number of fused-ring (bicyclic) bond motifs is 1. The average Bonchev–Trinajstić information content (AvgIpc) is 3.11. The van der Waals surface area contributed by atoms with Gasteiger partial charge in [0.25, 0.3) is 0 Å². The topological polar surface area (TPSA) is 56.0 Å². The smallest absolute Gasteiger partial charge is 0.228 e. The van der Waals surface area contributed by atoms with Gasteiger partial charge in [-0.2, -0.15) is 0 Å².